The van der Waals surface area contributed by atoms with Crippen LogP contribution in [0.25, 0.3) is 0 Å². The fourth-order valence-electron chi connectivity index (χ4n) is 2.24. The second-order valence-corrected chi connectivity index (χ2v) is 5.35. The molecule has 2 rings (SSSR count). The summed E-state index contributed by atoms with van der Waals surface area (Å²) in [6.45, 7) is 6.18. The third-order valence-corrected chi connectivity index (χ3v) is 3.74. The number of aryl methyl sites for hydroxylation is 1. The van der Waals surface area contributed by atoms with E-state index in [2.05, 4.69) is 43.4 Å². The quantitative estimate of drug-likeness (QED) is 0.859. The van der Waals surface area contributed by atoms with E-state index in [4.69, 9.17) is 4.74 Å². The number of hydrogen-bond donors (Lipinski definition) is 2. The molecule has 2 N–H and O–H groups in total. The highest BCUT2D eigenvalue weighted by Crippen LogP contribution is 2.21. The highest BCUT2D eigenvalue weighted by atomic mass is 16.5. The minimum atomic E-state index is -0.600. The molecule has 3 nitrogen and oxygen atoms in total. The summed E-state index contributed by atoms with van der Waals surface area (Å²) in [6.07, 6.45) is 1.45. The van der Waals surface area contributed by atoms with Crippen LogP contribution in [0.5, 0.6) is 0 Å². The van der Waals surface area contributed by atoms with E-state index in [9.17, 15) is 5.11 Å². The molecule has 1 aromatic carbocycles. The van der Waals surface area contributed by atoms with Gasteiger partial charge in [0.25, 0.3) is 0 Å². The predicted octanol–water partition coefficient (Wildman–Crippen LogP) is 2.19. The van der Waals surface area contributed by atoms with Gasteiger partial charge in [0, 0.05) is 38.6 Å². The summed E-state index contributed by atoms with van der Waals surface area (Å²) in [5.41, 5.74) is 1.93. The molecule has 1 heterocycles. The third-order valence-electron chi connectivity index (χ3n) is 3.74. The summed E-state index contributed by atoms with van der Waals surface area (Å²) in [6, 6.07) is 8.78. The molecule has 1 aliphatic heterocycles. The van der Waals surface area contributed by atoms with Gasteiger partial charge in [0.1, 0.15) is 0 Å². The van der Waals surface area contributed by atoms with E-state index < -0.39 is 5.60 Å². The normalized spacial score (nSPS) is 20.6. The second-order valence-electron chi connectivity index (χ2n) is 5.35. The number of nitrogens with one attached hydrogen (secondary N) is 1. The molecule has 0 aliphatic carbocycles. The first-order valence-corrected chi connectivity index (χ1v) is 6.69. The van der Waals surface area contributed by atoms with Crippen molar-refractivity contribution in [3.05, 3.63) is 35.4 Å². The molecule has 1 atom stereocenters. The van der Waals surface area contributed by atoms with E-state index in [1.807, 2.05) is 0 Å². The zero-order chi connectivity index (χ0) is 13.0. The van der Waals surface area contributed by atoms with E-state index in [0.29, 0.717) is 19.8 Å². The van der Waals surface area contributed by atoms with Gasteiger partial charge in [-0.15, -0.1) is 0 Å². The maximum Gasteiger partial charge on any atom is 0.0815 e. The van der Waals surface area contributed by atoms with Gasteiger partial charge < -0.3 is 15.2 Å². The van der Waals surface area contributed by atoms with Gasteiger partial charge in [0.2, 0.25) is 0 Å². The summed E-state index contributed by atoms with van der Waals surface area (Å²) < 4.78 is 5.28. The molecule has 3 heteroatoms. The van der Waals surface area contributed by atoms with Crippen LogP contribution in [0.3, 0.4) is 0 Å². The molecule has 0 bridgehead atoms. The summed E-state index contributed by atoms with van der Waals surface area (Å²) in [4.78, 5) is 0. The van der Waals surface area contributed by atoms with Crippen molar-refractivity contribution in [2.24, 2.45) is 0 Å². The van der Waals surface area contributed by atoms with Crippen LogP contribution in [0.1, 0.15) is 36.9 Å². The van der Waals surface area contributed by atoms with Crippen molar-refractivity contribution in [3.8, 4) is 0 Å². The smallest absolute Gasteiger partial charge is 0.0815 e. The van der Waals surface area contributed by atoms with Gasteiger partial charge in [-0.2, -0.15) is 0 Å². The Hall–Kier alpha value is -0.900. The van der Waals surface area contributed by atoms with Gasteiger partial charge in [0.15, 0.2) is 0 Å². The van der Waals surface area contributed by atoms with Gasteiger partial charge in [-0.25, -0.2) is 0 Å². The Bertz CT molecular complexity index is 369. The zero-order valence-electron chi connectivity index (χ0n) is 11.3. The summed E-state index contributed by atoms with van der Waals surface area (Å²) in [5.74, 6) is 0. The van der Waals surface area contributed by atoms with Crippen LogP contribution in [-0.4, -0.2) is 30.5 Å². The summed E-state index contributed by atoms with van der Waals surface area (Å²) in [7, 11) is 0. The standard InChI is InChI=1S/C15H23NO2/c1-12-3-5-14(6-4-12)13(2)16-11-15(17)7-9-18-10-8-15/h3-6,13,16-17H,7-11H2,1-2H3. The molecule has 0 aromatic heterocycles. The zero-order valence-corrected chi connectivity index (χ0v) is 11.3. The lowest BCUT2D eigenvalue weighted by Crippen LogP contribution is -2.45. The van der Waals surface area contributed by atoms with Gasteiger partial charge in [-0.1, -0.05) is 29.8 Å². The SMILES string of the molecule is Cc1ccc(C(C)NCC2(O)CCOCC2)cc1. The van der Waals surface area contributed by atoms with Crippen molar-refractivity contribution in [1.29, 1.82) is 0 Å². The number of benzene rings is 1. The predicted molar refractivity (Wildman–Crippen MR) is 72.6 cm³/mol. The maximum atomic E-state index is 10.4. The average molecular weight is 249 g/mol. The molecular formula is C15H23NO2. The second kappa shape index (κ2) is 5.83. The molecule has 0 radical (unpaired) electrons. The molecule has 0 saturated carbocycles. The fourth-order valence-corrected chi connectivity index (χ4v) is 2.24. The molecule has 18 heavy (non-hydrogen) atoms. The molecule has 0 amide bonds. The molecule has 1 aliphatic rings. The minimum Gasteiger partial charge on any atom is -0.388 e. The van der Waals surface area contributed by atoms with Crippen molar-refractivity contribution < 1.29 is 9.84 Å². The van der Waals surface area contributed by atoms with Gasteiger partial charge in [0.05, 0.1) is 5.60 Å². The Morgan fingerprint density at radius 1 is 1.28 bits per heavy atom. The van der Waals surface area contributed by atoms with Crippen LogP contribution in [0, 0.1) is 6.92 Å². The van der Waals surface area contributed by atoms with Crippen LogP contribution in [0.4, 0.5) is 0 Å². The van der Waals surface area contributed by atoms with E-state index in [0.717, 1.165) is 12.8 Å². The molecule has 100 valence electrons. The molecule has 0 spiro atoms. The Kier molecular flexibility index (Phi) is 4.38. The maximum absolute atomic E-state index is 10.4. The van der Waals surface area contributed by atoms with Crippen LogP contribution in [0.2, 0.25) is 0 Å². The fraction of sp³-hybridized carbons (Fsp3) is 0.600. The summed E-state index contributed by atoms with van der Waals surface area (Å²) >= 11 is 0. The lowest BCUT2D eigenvalue weighted by molar-refractivity contribution is -0.0626. The van der Waals surface area contributed by atoms with Crippen molar-refractivity contribution in [1.82, 2.24) is 5.32 Å². The molecule has 1 fully saturated rings. The van der Waals surface area contributed by atoms with Gasteiger partial charge in [-0.05, 0) is 19.4 Å². The van der Waals surface area contributed by atoms with Crippen LogP contribution in [0.15, 0.2) is 24.3 Å². The van der Waals surface area contributed by atoms with E-state index in [1.165, 1.54) is 11.1 Å². The van der Waals surface area contributed by atoms with Crippen LogP contribution >= 0.6 is 0 Å². The Morgan fingerprint density at radius 2 is 1.89 bits per heavy atom. The first-order valence-electron chi connectivity index (χ1n) is 6.69. The monoisotopic (exact) mass is 249 g/mol. The van der Waals surface area contributed by atoms with Gasteiger partial charge in [-0.3, -0.25) is 0 Å². The average Bonchev–Trinajstić information content (AvgIpc) is 2.38. The Labute approximate surface area is 109 Å². The van der Waals surface area contributed by atoms with Crippen molar-refractivity contribution in [3.63, 3.8) is 0 Å². The molecule has 1 aromatic rings. The number of aliphatic hydroxyl groups is 1. The first kappa shape index (κ1) is 13.5. The summed E-state index contributed by atoms with van der Waals surface area (Å²) in [5, 5.41) is 13.8. The topological polar surface area (TPSA) is 41.5 Å². The van der Waals surface area contributed by atoms with Gasteiger partial charge >= 0.3 is 0 Å². The lowest BCUT2D eigenvalue weighted by atomic mass is 9.94. The van der Waals surface area contributed by atoms with Crippen molar-refractivity contribution in [2.45, 2.75) is 38.3 Å². The lowest BCUT2D eigenvalue weighted by Gasteiger charge is -2.33. The Morgan fingerprint density at radius 3 is 2.50 bits per heavy atom. The first-order chi connectivity index (χ1) is 8.59. The molecule has 1 saturated heterocycles. The number of hydrogen-bond acceptors (Lipinski definition) is 3. The minimum absolute atomic E-state index is 0.262. The highest BCUT2D eigenvalue weighted by molar-refractivity contribution is 5.23. The number of ether oxygens (including phenoxy) is 1. The Balaban J connectivity index is 1.87. The van der Waals surface area contributed by atoms with E-state index >= 15 is 0 Å². The van der Waals surface area contributed by atoms with Crippen molar-refractivity contribution >= 4 is 0 Å². The number of rotatable bonds is 4. The third kappa shape index (κ3) is 3.55. The van der Waals surface area contributed by atoms with Crippen molar-refractivity contribution in [2.75, 3.05) is 19.8 Å². The molecule has 1 unspecified atom stereocenters. The largest absolute Gasteiger partial charge is 0.388 e. The highest BCUT2D eigenvalue weighted by Gasteiger charge is 2.29. The van der Waals surface area contributed by atoms with E-state index in [-0.39, 0.29) is 6.04 Å². The molecular weight excluding hydrogens is 226 g/mol. The van der Waals surface area contributed by atoms with E-state index in [1.54, 1.807) is 0 Å². The van der Waals surface area contributed by atoms with Crippen LogP contribution < -0.4 is 5.32 Å². The van der Waals surface area contributed by atoms with Crippen LogP contribution in [-0.2, 0) is 4.74 Å².